The van der Waals surface area contributed by atoms with Gasteiger partial charge in [0.15, 0.2) is 0 Å². The lowest BCUT2D eigenvalue weighted by molar-refractivity contribution is 0.0942. The Bertz CT molecular complexity index is 1380. The molecule has 0 spiro atoms. The van der Waals surface area contributed by atoms with E-state index < -0.39 is 11.2 Å². The predicted octanol–water partition coefficient (Wildman–Crippen LogP) is 2.63. The third kappa shape index (κ3) is 3.96. The van der Waals surface area contributed by atoms with E-state index in [9.17, 15) is 14.4 Å². The van der Waals surface area contributed by atoms with Crippen molar-refractivity contribution in [3.8, 4) is 10.9 Å². The third-order valence-electron chi connectivity index (χ3n) is 5.17. The van der Waals surface area contributed by atoms with Gasteiger partial charge in [-0.05, 0) is 30.2 Å². The van der Waals surface area contributed by atoms with E-state index >= 15 is 0 Å². The van der Waals surface area contributed by atoms with Crippen LogP contribution in [0.1, 0.15) is 29.4 Å². The molecule has 0 aliphatic carbocycles. The first-order valence-electron chi connectivity index (χ1n) is 10.1. The second kappa shape index (κ2) is 8.83. The van der Waals surface area contributed by atoms with Crippen LogP contribution in [0.25, 0.3) is 11.0 Å². The average Bonchev–Trinajstić information content (AvgIpc) is 3.44. The van der Waals surface area contributed by atoms with Crippen molar-refractivity contribution in [2.24, 2.45) is 14.1 Å². The summed E-state index contributed by atoms with van der Waals surface area (Å²) >= 11 is 1.41. The van der Waals surface area contributed by atoms with Crippen molar-refractivity contribution in [3.63, 3.8) is 0 Å². The van der Waals surface area contributed by atoms with Gasteiger partial charge in [0.1, 0.15) is 17.1 Å². The van der Waals surface area contributed by atoms with Gasteiger partial charge in [-0.3, -0.25) is 18.7 Å². The molecule has 9 nitrogen and oxygen atoms in total. The number of nitrogens with one attached hydrogen (secondary N) is 1. The van der Waals surface area contributed by atoms with E-state index in [-0.39, 0.29) is 5.91 Å². The average molecular weight is 454 g/mol. The topological polar surface area (TPSA) is 100 Å². The molecule has 0 bridgehead atoms. The standard InChI is InChI=1S/C22H23N5O4S/c1-4-10-27-17(12-16-19(27)25(2)22(30)26(3)20(16)29)18(28)24-13-14-5-7-15(8-6-14)31-21-23-9-11-32-21/h5-9,11-12H,4,10,13H2,1-3H3,(H,24,28). The number of carbonyl (C=O) groups excluding carboxylic acids is 1. The third-order valence-corrected chi connectivity index (χ3v) is 5.81. The van der Waals surface area contributed by atoms with Gasteiger partial charge in [-0.2, -0.15) is 0 Å². The van der Waals surface area contributed by atoms with Crippen molar-refractivity contribution in [3.05, 3.63) is 74.0 Å². The van der Waals surface area contributed by atoms with Crippen LogP contribution in [-0.2, 0) is 27.2 Å². The molecule has 166 valence electrons. The van der Waals surface area contributed by atoms with Crippen molar-refractivity contribution in [2.75, 3.05) is 0 Å². The molecule has 32 heavy (non-hydrogen) atoms. The predicted molar refractivity (Wildman–Crippen MR) is 123 cm³/mol. The Hall–Kier alpha value is -3.66. The highest BCUT2D eigenvalue weighted by Gasteiger charge is 2.20. The Labute approximate surface area is 187 Å². The first-order chi connectivity index (χ1) is 15.4. The van der Waals surface area contributed by atoms with E-state index in [1.807, 2.05) is 36.6 Å². The molecule has 1 aromatic carbocycles. The maximum Gasteiger partial charge on any atom is 0.332 e. The summed E-state index contributed by atoms with van der Waals surface area (Å²) in [7, 11) is 3.04. The monoisotopic (exact) mass is 453 g/mol. The highest BCUT2D eigenvalue weighted by Crippen LogP contribution is 2.23. The molecule has 1 N–H and O–H groups in total. The summed E-state index contributed by atoms with van der Waals surface area (Å²) in [6.07, 6.45) is 2.42. The van der Waals surface area contributed by atoms with Crippen LogP contribution >= 0.6 is 11.3 Å². The minimum atomic E-state index is -0.426. The Morgan fingerprint density at radius 2 is 1.91 bits per heavy atom. The Morgan fingerprint density at radius 3 is 2.56 bits per heavy atom. The lowest BCUT2D eigenvalue weighted by Gasteiger charge is -2.12. The molecule has 0 unspecified atom stereocenters. The van der Waals surface area contributed by atoms with Crippen molar-refractivity contribution < 1.29 is 9.53 Å². The molecule has 3 aromatic heterocycles. The zero-order valence-corrected chi connectivity index (χ0v) is 18.8. The van der Waals surface area contributed by atoms with Crippen LogP contribution in [-0.4, -0.2) is 24.6 Å². The fourth-order valence-corrected chi connectivity index (χ4v) is 4.09. The van der Waals surface area contributed by atoms with E-state index in [0.29, 0.717) is 40.8 Å². The molecule has 3 heterocycles. The summed E-state index contributed by atoms with van der Waals surface area (Å²) in [6.45, 7) is 2.79. The number of ether oxygens (including phenoxy) is 1. The van der Waals surface area contributed by atoms with Crippen LogP contribution < -0.4 is 21.3 Å². The van der Waals surface area contributed by atoms with Gasteiger partial charge in [-0.15, -0.1) is 0 Å². The minimum Gasteiger partial charge on any atom is -0.431 e. The van der Waals surface area contributed by atoms with Gasteiger partial charge in [-0.25, -0.2) is 9.78 Å². The summed E-state index contributed by atoms with van der Waals surface area (Å²) in [4.78, 5) is 42.1. The van der Waals surface area contributed by atoms with Crippen molar-refractivity contribution in [1.29, 1.82) is 0 Å². The maximum absolute atomic E-state index is 13.0. The molecule has 10 heteroatoms. The molecule has 0 radical (unpaired) electrons. The van der Waals surface area contributed by atoms with Crippen molar-refractivity contribution in [2.45, 2.75) is 26.4 Å². The van der Waals surface area contributed by atoms with Gasteiger partial charge >= 0.3 is 5.69 Å². The maximum atomic E-state index is 13.0. The summed E-state index contributed by atoms with van der Waals surface area (Å²) in [5, 5.41) is 5.65. The zero-order valence-electron chi connectivity index (χ0n) is 18.0. The van der Waals surface area contributed by atoms with Crippen LogP contribution in [0.15, 0.2) is 51.5 Å². The molecular weight excluding hydrogens is 430 g/mol. The highest BCUT2D eigenvalue weighted by atomic mass is 32.1. The Morgan fingerprint density at radius 1 is 1.16 bits per heavy atom. The number of rotatable bonds is 7. The van der Waals surface area contributed by atoms with E-state index in [4.69, 9.17) is 4.74 Å². The lowest BCUT2D eigenvalue weighted by Crippen LogP contribution is -2.37. The summed E-state index contributed by atoms with van der Waals surface area (Å²) in [5.41, 5.74) is 0.858. The molecule has 4 rings (SSSR count). The van der Waals surface area contributed by atoms with Gasteiger partial charge in [0.2, 0.25) is 0 Å². The molecule has 0 saturated carbocycles. The number of hydrogen-bond acceptors (Lipinski definition) is 6. The van der Waals surface area contributed by atoms with E-state index in [1.54, 1.807) is 23.9 Å². The van der Waals surface area contributed by atoms with Crippen LogP contribution in [0, 0.1) is 0 Å². The van der Waals surface area contributed by atoms with Gasteiger partial charge in [0.05, 0.1) is 5.39 Å². The first-order valence-corrected chi connectivity index (χ1v) is 11.0. The number of thiazole rings is 1. The SMILES string of the molecule is CCCn1c(C(=O)NCc2ccc(Oc3nccs3)cc2)cc2c(=O)n(C)c(=O)n(C)c21. The highest BCUT2D eigenvalue weighted by molar-refractivity contribution is 7.11. The summed E-state index contributed by atoms with van der Waals surface area (Å²) < 4.78 is 9.84. The number of amides is 1. The van der Waals surface area contributed by atoms with Crippen LogP contribution in [0.2, 0.25) is 0 Å². The number of nitrogens with zero attached hydrogens (tertiary/aromatic N) is 4. The van der Waals surface area contributed by atoms with Crippen molar-refractivity contribution in [1.82, 2.24) is 24.0 Å². The molecule has 0 fully saturated rings. The molecule has 0 atom stereocenters. The van der Waals surface area contributed by atoms with Crippen LogP contribution in [0.3, 0.4) is 0 Å². The lowest BCUT2D eigenvalue weighted by atomic mass is 10.2. The van der Waals surface area contributed by atoms with E-state index in [1.165, 1.54) is 23.0 Å². The second-order valence-electron chi connectivity index (χ2n) is 7.35. The number of aromatic nitrogens is 4. The summed E-state index contributed by atoms with van der Waals surface area (Å²) in [6, 6.07) is 8.93. The molecule has 0 saturated heterocycles. The number of fused-ring (bicyclic) bond motifs is 1. The van der Waals surface area contributed by atoms with Crippen molar-refractivity contribution >= 4 is 28.3 Å². The van der Waals surface area contributed by atoms with E-state index in [2.05, 4.69) is 10.3 Å². The fourth-order valence-electron chi connectivity index (χ4n) is 3.59. The van der Waals surface area contributed by atoms with Gasteiger partial charge in [0, 0.05) is 38.8 Å². The number of carbonyl (C=O) groups is 1. The molecule has 4 aromatic rings. The number of benzene rings is 1. The van der Waals surface area contributed by atoms with E-state index in [0.717, 1.165) is 16.6 Å². The summed E-state index contributed by atoms with van der Waals surface area (Å²) in [5.74, 6) is 0.349. The van der Waals surface area contributed by atoms with Gasteiger partial charge < -0.3 is 14.6 Å². The largest absolute Gasteiger partial charge is 0.431 e. The van der Waals surface area contributed by atoms with Crippen LogP contribution in [0.5, 0.6) is 10.9 Å². The van der Waals surface area contributed by atoms with Gasteiger partial charge in [0.25, 0.3) is 16.7 Å². The van der Waals surface area contributed by atoms with Gasteiger partial charge in [-0.1, -0.05) is 30.4 Å². The Kier molecular flexibility index (Phi) is 5.95. The first kappa shape index (κ1) is 21.6. The quantitative estimate of drug-likeness (QED) is 0.464. The van der Waals surface area contributed by atoms with Crippen LogP contribution in [0.4, 0.5) is 0 Å². The zero-order chi connectivity index (χ0) is 22.8. The normalized spacial score (nSPS) is 11.1. The fraction of sp³-hybridized carbons (Fsp3) is 0.273. The molecule has 0 aliphatic heterocycles. The smallest absolute Gasteiger partial charge is 0.332 e. The molecule has 0 aliphatic rings. The molecular formula is C22H23N5O4S. The second-order valence-corrected chi connectivity index (χ2v) is 8.21. The number of aryl methyl sites for hydroxylation is 2. The number of hydrogen-bond donors (Lipinski definition) is 1. The minimum absolute atomic E-state index is 0.307. The Balaban J connectivity index is 1.57. The molecule has 1 amide bonds.